The molecule has 206 valence electrons. The van der Waals surface area contributed by atoms with Crippen molar-refractivity contribution in [1.82, 2.24) is 10.6 Å². The zero-order chi connectivity index (χ0) is 28.7. The Kier molecular flexibility index (Phi) is 10.3. The largest absolute Gasteiger partial charge is 0.447 e. The lowest BCUT2D eigenvalue weighted by Gasteiger charge is -2.28. The van der Waals surface area contributed by atoms with Gasteiger partial charge in [-0.25, -0.2) is 9.59 Å². The molecule has 0 heterocycles. The number of amides is 2. The van der Waals surface area contributed by atoms with E-state index in [4.69, 9.17) is 9.47 Å². The molecule has 2 rings (SSSR count). The van der Waals surface area contributed by atoms with E-state index in [2.05, 4.69) is 23.8 Å². The van der Waals surface area contributed by atoms with E-state index in [1.165, 1.54) is 0 Å². The highest BCUT2D eigenvalue weighted by atomic mass is 16.6. The summed E-state index contributed by atoms with van der Waals surface area (Å²) in [7, 11) is 0. The van der Waals surface area contributed by atoms with E-state index >= 15 is 0 Å². The van der Waals surface area contributed by atoms with Gasteiger partial charge in [0.15, 0.2) is 0 Å². The van der Waals surface area contributed by atoms with Crippen molar-refractivity contribution in [3.8, 4) is 0 Å². The Morgan fingerprint density at radius 1 is 0.737 bits per heavy atom. The molecule has 0 aliphatic carbocycles. The summed E-state index contributed by atoms with van der Waals surface area (Å²) in [6, 6.07) is 15.9. The quantitative estimate of drug-likeness (QED) is 0.315. The summed E-state index contributed by atoms with van der Waals surface area (Å²) in [6.45, 7) is 23.2. The summed E-state index contributed by atoms with van der Waals surface area (Å²) in [5, 5.41) is 5.89. The normalized spacial score (nSPS) is 13.2. The highest BCUT2D eigenvalue weighted by Gasteiger charge is 2.26. The van der Waals surface area contributed by atoms with Crippen LogP contribution in [0.3, 0.4) is 0 Å². The first-order chi connectivity index (χ1) is 17.6. The van der Waals surface area contributed by atoms with Crippen molar-refractivity contribution in [2.75, 3.05) is 0 Å². The molecule has 2 atom stereocenters. The topological polar surface area (TPSA) is 76.7 Å². The van der Waals surface area contributed by atoms with E-state index in [-0.39, 0.29) is 12.2 Å². The number of allylic oxidation sites excluding steroid dienone is 2. The van der Waals surface area contributed by atoms with Gasteiger partial charge in [0.25, 0.3) is 0 Å². The molecule has 2 amide bonds. The molecule has 6 nitrogen and oxygen atoms in total. The van der Waals surface area contributed by atoms with Crippen LogP contribution in [-0.4, -0.2) is 24.4 Å². The number of ether oxygens (including phenoxy) is 2. The summed E-state index contributed by atoms with van der Waals surface area (Å²) < 4.78 is 11.1. The Balaban J connectivity index is 1.81. The van der Waals surface area contributed by atoms with Gasteiger partial charge in [-0.15, -0.1) is 0 Å². The third kappa shape index (κ3) is 9.09. The number of nitrogens with one attached hydrogen (secondary N) is 2. The number of alkyl carbamates (subject to hydrolysis) is 2. The fourth-order valence-corrected chi connectivity index (χ4v) is 4.01. The molecule has 0 aliphatic heterocycles. The molecule has 0 bridgehead atoms. The Labute approximate surface area is 228 Å². The third-order valence-electron chi connectivity index (χ3n) is 6.60. The molecule has 38 heavy (non-hydrogen) atoms. The summed E-state index contributed by atoms with van der Waals surface area (Å²) >= 11 is 0. The van der Waals surface area contributed by atoms with Gasteiger partial charge < -0.3 is 20.1 Å². The number of hydrogen-bond acceptors (Lipinski definition) is 4. The highest BCUT2D eigenvalue weighted by Crippen LogP contribution is 2.25. The minimum atomic E-state index is -0.617. The summed E-state index contributed by atoms with van der Waals surface area (Å²) in [5.41, 5.74) is 4.75. The van der Waals surface area contributed by atoms with Crippen LogP contribution in [0.4, 0.5) is 9.59 Å². The molecule has 0 aliphatic rings. The number of benzene rings is 2. The van der Waals surface area contributed by atoms with E-state index in [0.29, 0.717) is 12.8 Å². The van der Waals surface area contributed by atoms with Crippen LogP contribution in [0.25, 0.3) is 11.1 Å². The summed E-state index contributed by atoms with van der Waals surface area (Å²) in [4.78, 5) is 25.1. The van der Waals surface area contributed by atoms with Crippen LogP contribution in [0.15, 0.2) is 61.7 Å². The maximum absolute atomic E-state index is 12.6. The Hall–Kier alpha value is -3.54. The third-order valence-corrected chi connectivity index (χ3v) is 6.60. The molecule has 0 saturated carbocycles. The molecule has 0 saturated heterocycles. The van der Waals surface area contributed by atoms with Gasteiger partial charge in [-0.05, 0) is 96.6 Å². The van der Waals surface area contributed by atoms with Gasteiger partial charge >= 0.3 is 12.2 Å². The van der Waals surface area contributed by atoms with Gasteiger partial charge in [0.1, 0.15) is 12.2 Å². The molecule has 2 aromatic rings. The number of carbonyl (C=O) groups is 2. The van der Waals surface area contributed by atoms with Gasteiger partial charge in [-0.1, -0.05) is 66.8 Å². The van der Waals surface area contributed by atoms with E-state index in [9.17, 15) is 9.59 Å². The van der Waals surface area contributed by atoms with E-state index < -0.39 is 23.3 Å². The molecule has 0 aromatic heterocycles. The van der Waals surface area contributed by atoms with Crippen molar-refractivity contribution >= 4 is 23.3 Å². The van der Waals surface area contributed by atoms with Gasteiger partial charge in [0.2, 0.25) is 0 Å². The SMILES string of the molecule is C=C(C)c1ccc(C(C)(C)NC(=O)OC(C)CCC(C)OC(=O)NC(C)(C)c2cccc(C(=C)C)c2)cc1. The summed E-state index contributed by atoms with van der Waals surface area (Å²) in [5.74, 6) is 0. The highest BCUT2D eigenvalue weighted by molar-refractivity contribution is 5.70. The molecule has 6 heteroatoms. The van der Waals surface area contributed by atoms with Gasteiger partial charge in [-0.2, -0.15) is 0 Å². The first-order valence-corrected chi connectivity index (χ1v) is 13.1. The Morgan fingerprint density at radius 2 is 1.18 bits per heavy atom. The molecule has 2 N–H and O–H groups in total. The van der Waals surface area contributed by atoms with Crippen LogP contribution in [-0.2, 0) is 20.6 Å². The van der Waals surface area contributed by atoms with Crippen molar-refractivity contribution in [1.29, 1.82) is 0 Å². The first-order valence-electron chi connectivity index (χ1n) is 13.1. The van der Waals surface area contributed by atoms with Crippen molar-refractivity contribution in [3.05, 3.63) is 83.9 Å². The monoisotopic (exact) mass is 520 g/mol. The smallest absolute Gasteiger partial charge is 0.408 e. The van der Waals surface area contributed by atoms with E-state index in [1.807, 2.05) is 104 Å². The van der Waals surface area contributed by atoms with Gasteiger partial charge in [0, 0.05) is 0 Å². The second kappa shape index (κ2) is 12.8. The van der Waals surface area contributed by atoms with Crippen molar-refractivity contribution in [2.24, 2.45) is 0 Å². The van der Waals surface area contributed by atoms with Crippen LogP contribution < -0.4 is 10.6 Å². The van der Waals surface area contributed by atoms with Crippen LogP contribution >= 0.6 is 0 Å². The molecule has 0 spiro atoms. The maximum atomic E-state index is 12.6. The first kappa shape index (κ1) is 30.7. The number of rotatable bonds is 11. The zero-order valence-corrected chi connectivity index (χ0v) is 24.2. The Morgan fingerprint density at radius 3 is 1.63 bits per heavy atom. The lowest BCUT2D eigenvalue weighted by atomic mass is 9.92. The minimum absolute atomic E-state index is 0.341. The standard InChI is InChI=1S/C32H44N2O4/c1-21(2)25-16-18-27(19-17-25)31(7,8)33-29(35)37-23(5)14-15-24(6)38-30(36)34-32(9,10)28-13-11-12-26(20-28)22(3)4/h11-13,16-20,23-24H,1,3,14-15H2,2,4-10H3,(H,33,35)(H,34,36). The van der Waals surface area contributed by atoms with Crippen LogP contribution in [0.2, 0.25) is 0 Å². The molecule has 0 fully saturated rings. The molecular formula is C32H44N2O4. The molecule has 0 radical (unpaired) electrons. The predicted molar refractivity (Wildman–Crippen MR) is 156 cm³/mol. The van der Waals surface area contributed by atoms with Crippen LogP contribution in [0.1, 0.15) is 90.5 Å². The van der Waals surface area contributed by atoms with Gasteiger partial charge in [-0.3, -0.25) is 0 Å². The van der Waals surface area contributed by atoms with E-state index in [1.54, 1.807) is 0 Å². The maximum Gasteiger partial charge on any atom is 0.408 e. The Bertz CT molecular complexity index is 1150. The van der Waals surface area contributed by atoms with Crippen LogP contribution in [0, 0.1) is 0 Å². The zero-order valence-electron chi connectivity index (χ0n) is 24.2. The van der Waals surface area contributed by atoms with Crippen LogP contribution in [0.5, 0.6) is 0 Å². The van der Waals surface area contributed by atoms with Crippen molar-refractivity contribution in [3.63, 3.8) is 0 Å². The number of carbonyl (C=O) groups excluding carboxylic acids is 2. The fourth-order valence-electron chi connectivity index (χ4n) is 4.01. The summed E-state index contributed by atoms with van der Waals surface area (Å²) in [6.07, 6.45) is -0.554. The molecule has 2 aromatic carbocycles. The van der Waals surface area contributed by atoms with Crippen molar-refractivity contribution < 1.29 is 19.1 Å². The van der Waals surface area contributed by atoms with E-state index in [0.717, 1.165) is 33.4 Å². The molecule has 2 unspecified atom stereocenters. The lowest BCUT2D eigenvalue weighted by molar-refractivity contribution is 0.0673. The average molecular weight is 521 g/mol. The lowest BCUT2D eigenvalue weighted by Crippen LogP contribution is -2.43. The van der Waals surface area contributed by atoms with Crippen molar-refractivity contribution in [2.45, 2.75) is 91.5 Å². The second-order valence-electron chi connectivity index (χ2n) is 11.2. The minimum Gasteiger partial charge on any atom is -0.447 e. The average Bonchev–Trinajstić information content (AvgIpc) is 2.82. The number of hydrogen-bond donors (Lipinski definition) is 2. The predicted octanol–water partition coefficient (Wildman–Crippen LogP) is 7.93. The van der Waals surface area contributed by atoms with Gasteiger partial charge in [0.05, 0.1) is 11.1 Å². The molecular weight excluding hydrogens is 476 g/mol. The second-order valence-corrected chi connectivity index (χ2v) is 11.2. The fraction of sp³-hybridized carbons (Fsp3) is 0.438.